The molecule has 0 aliphatic heterocycles. The summed E-state index contributed by atoms with van der Waals surface area (Å²) >= 11 is 0. The van der Waals surface area contributed by atoms with Gasteiger partial charge in [-0.2, -0.15) is 0 Å². The van der Waals surface area contributed by atoms with Crippen LogP contribution in [0.2, 0.25) is 0 Å². The zero-order valence-corrected chi connectivity index (χ0v) is 10.7. The SMILES string of the molecule is CC(NCCn1ccnn1)C(=O)NCc1ccco1. The van der Waals surface area contributed by atoms with Gasteiger partial charge in [0.15, 0.2) is 0 Å². The summed E-state index contributed by atoms with van der Waals surface area (Å²) in [5.41, 5.74) is 0. The van der Waals surface area contributed by atoms with Crippen LogP contribution in [0.1, 0.15) is 12.7 Å². The lowest BCUT2D eigenvalue weighted by molar-refractivity contribution is -0.123. The smallest absolute Gasteiger partial charge is 0.237 e. The largest absolute Gasteiger partial charge is 0.467 e. The number of carbonyl (C=O) groups is 1. The van der Waals surface area contributed by atoms with E-state index in [1.54, 1.807) is 29.4 Å². The van der Waals surface area contributed by atoms with Gasteiger partial charge in [-0.3, -0.25) is 9.48 Å². The lowest BCUT2D eigenvalue weighted by Crippen LogP contribution is -2.42. The molecule has 7 heteroatoms. The lowest BCUT2D eigenvalue weighted by atomic mass is 10.3. The number of hydrogen-bond donors (Lipinski definition) is 2. The van der Waals surface area contributed by atoms with Crippen LogP contribution in [0, 0.1) is 0 Å². The number of nitrogens with zero attached hydrogens (tertiary/aromatic N) is 3. The minimum Gasteiger partial charge on any atom is -0.467 e. The topological polar surface area (TPSA) is 85.0 Å². The summed E-state index contributed by atoms with van der Waals surface area (Å²) in [5.74, 6) is 0.679. The summed E-state index contributed by atoms with van der Waals surface area (Å²) in [7, 11) is 0. The summed E-state index contributed by atoms with van der Waals surface area (Å²) in [6.07, 6.45) is 4.99. The minimum absolute atomic E-state index is 0.0602. The van der Waals surface area contributed by atoms with Crippen LogP contribution in [0.25, 0.3) is 0 Å². The normalized spacial score (nSPS) is 12.3. The molecule has 2 N–H and O–H groups in total. The molecule has 1 atom stereocenters. The number of amides is 1. The second-order valence-corrected chi connectivity index (χ2v) is 4.14. The fourth-order valence-corrected chi connectivity index (χ4v) is 1.58. The van der Waals surface area contributed by atoms with E-state index in [-0.39, 0.29) is 11.9 Å². The second kappa shape index (κ2) is 6.69. The van der Waals surface area contributed by atoms with Crippen LogP contribution < -0.4 is 10.6 Å². The Bertz CT molecular complexity index is 480. The van der Waals surface area contributed by atoms with Crippen LogP contribution in [0.4, 0.5) is 0 Å². The fraction of sp³-hybridized carbons (Fsp3) is 0.417. The van der Waals surface area contributed by atoms with Crippen molar-refractivity contribution in [1.29, 1.82) is 0 Å². The van der Waals surface area contributed by atoms with Gasteiger partial charge in [-0.05, 0) is 19.1 Å². The first-order chi connectivity index (χ1) is 9.25. The van der Waals surface area contributed by atoms with Crippen molar-refractivity contribution < 1.29 is 9.21 Å². The molecule has 0 fully saturated rings. The van der Waals surface area contributed by atoms with Gasteiger partial charge >= 0.3 is 0 Å². The van der Waals surface area contributed by atoms with E-state index in [2.05, 4.69) is 20.9 Å². The Labute approximate surface area is 111 Å². The maximum Gasteiger partial charge on any atom is 0.237 e. The van der Waals surface area contributed by atoms with Gasteiger partial charge in [-0.15, -0.1) is 5.10 Å². The molecule has 2 aromatic heterocycles. The van der Waals surface area contributed by atoms with Crippen molar-refractivity contribution in [3.63, 3.8) is 0 Å². The fourth-order valence-electron chi connectivity index (χ4n) is 1.58. The zero-order chi connectivity index (χ0) is 13.5. The van der Waals surface area contributed by atoms with Crippen LogP contribution in [0.5, 0.6) is 0 Å². The third kappa shape index (κ3) is 4.22. The summed E-state index contributed by atoms with van der Waals surface area (Å²) in [4.78, 5) is 11.8. The average Bonchev–Trinajstić information content (AvgIpc) is 3.08. The van der Waals surface area contributed by atoms with Gasteiger partial charge < -0.3 is 15.1 Å². The van der Waals surface area contributed by atoms with Gasteiger partial charge in [-0.1, -0.05) is 5.21 Å². The van der Waals surface area contributed by atoms with Crippen LogP contribution >= 0.6 is 0 Å². The van der Waals surface area contributed by atoms with Crippen molar-refractivity contribution in [2.45, 2.75) is 26.1 Å². The molecule has 1 unspecified atom stereocenters. The molecule has 0 aliphatic rings. The molecule has 2 heterocycles. The van der Waals surface area contributed by atoms with E-state index < -0.39 is 0 Å². The van der Waals surface area contributed by atoms with Crippen LogP contribution in [-0.2, 0) is 17.9 Å². The molecule has 0 saturated carbocycles. The van der Waals surface area contributed by atoms with Gasteiger partial charge in [0.2, 0.25) is 5.91 Å². The first-order valence-electron chi connectivity index (χ1n) is 6.13. The molecule has 0 aromatic carbocycles. The summed E-state index contributed by atoms with van der Waals surface area (Å²) in [5, 5.41) is 13.5. The van der Waals surface area contributed by atoms with Crippen molar-refractivity contribution in [3.8, 4) is 0 Å². The average molecular weight is 263 g/mol. The number of furan rings is 1. The molecular formula is C12H17N5O2. The van der Waals surface area contributed by atoms with Crippen molar-refractivity contribution in [2.24, 2.45) is 0 Å². The maximum atomic E-state index is 11.8. The zero-order valence-electron chi connectivity index (χ0n) is 10.7. The van der Waals surface area contributed by atoms with Crippen molar-refractivity contribution in [2.75, 3.05) is 6.54 Å². The van der Waals surface area contributed by atoms with Crippen LogP contribution in [-0.4, -0.2) is 33.5 Å². The standard InChI is InChI=1S/C12H17N5O2/c1-10(13-4-6-17-7-5-15-16-17)12(18)14-9-11-3-2-8-19-11/h2-3,5,7-8,10,13H,4,6,9H2,1H3,(H,14,18). The minimum atomic E-state index is -0.265. The predicted molar refractivity (Wildman–Crippen MR) is 68.0 cm³/mol. The third-order valence-electron chi connectivity index (χ3n) is 2.67. The van der Waals surface area contributed by atoms with E-state index in [0.29, 0.717) is 19.6 Å². The number of rotatable bonds is 7. The molecule has 0 aliphatic carbocycles. The Morgan fingerprint density at radius 3 is 3.16 bits per heavy atom. The van der Waals surface area contributed by atoms with E-state index in [1.165, 1.54) is 0 Å². The molecule has 0 spiro atoms. The molecule has 0 radical (unpaired) electrons. The molecule has 0 saturated heterocycles. The molecular weight excluding hydrogens is 246 g/mol. The van der Waals surface area contributed by atoms with Crippen molar-refractivity contribution in [1.82, 2.24) is 25.6 Å². The third-order valence-corrected chi connectivity index (χ3v) is 2.67. The summed E-state index contributed by atoms with van der Waals surface area (Å²) in [6.45, 7) is 3.55. The van der Waals surface area contributed by atoms with Gasteiger partial charge in [-0.25, -0.2) is 0 Å². The molecule has 2 rings (SSSR count). The molecule has 7 nitrogen and oxygen atoms in total. The highest BCUT2D eigenvalue weighted by atomic mass is 16.3. The van der Waals surface area contributed by atoms with Gasteiger partial charge in [0.05, 0.1) is 31.6 Å². The van der Waals surface area contributed by atoms with Crippen molar-refractivity contribution in [3.05, 3.63) is 36.5 Å². The molecule has 0 bridgehead atoms. The number of hydrogen-bond acceptors (Lipinski definition) is 5. The summed E-state index contributed by atoms with van der Waals surface area (Å²) in [6, 6.07) is 3.35. The first-order valence-corrected chi connectivity index (χ1v) is 6.13. The Morgan fingerprint density at radius 2 is 2.47 bits per heavy atom. The highest BCUT2D eigenvalue weighted by Gasteiger charge is 2.11. The Kier molecular flexibility index (Phi) is 4.68. The number of aromatic nitrogens is 3. The van der Waals surface area contributed by atoms with Crippen molar-refractivity contribution >= 4 is 5.91 Å². The monoisotopic (exact) mass is 263 g/mol. The van der Waals surface area contributed by atoms with E-state index >= 15 is 0 Å². The molecule has 2 aromatic rings. The van der Waals surface area contributed by atoms with E-state index in [4.69, 9.17) is 4.42 Å². The summed E-state index contributed by atoms with van der Waals surface area (Å²) < 4.78 is 6.85. The Balaban J connectivity index is 1.64. The molecule has 19 heavy (non-hydrogen) atoms. The van der Waals surface area contributed by atoms with E-state index in [0.717, 1.165) is 5.76 Å². The molecule has 1 amide bonds. The van der Waals surface area contributed by atoms with Gasteiger partial charge in [0.1, 0.15) is 5.76 Å². The van der Waals surface area contributed by atoms with E-state index in [1.807, 2.05) is 13.0 Å². The predicted octanol–water partition coefficient (Wildman–Crippen LogP) is 0.166. The number of carbonyl (C=O) groups excluding carboxylic acids is 1. The maximum absolute atomic E-state index is 11.8. The Morgan fingerprint density at radius 1 is 1.58 bits per heavy atom. The Hall–Kier alpha value is -2.15. The molecule has 102 valence electrons. The quantitative estimate of drug-likeness (QED) is 0.743. The highest BCUT2D eigenvalue weighted by Crippen LogP contribution is 1.98. The first kappa shape index (κ1) is 13.3. The second-order valence-electron chi connectivity index (χ2n) is 4.14. The van der Waals surface area contributed by atoms with Gasteiger partial charge in [0.25, 0.3) is 0 Å². The van der Waals surface area contributed by atoms with Crippen LogP contribution in [0.15, 0.2) is 35.2 Å². The number of nitrogens with one attached hydrogen (secondary N) is 2. The van der Waals surface area contributed by atoms with Crippen LogP contribution in [0.3, 0.4) is 0 Å². The lowest BCUT2D eigenvalue weighted by Gasteiger charge is -2.13. The van der Waals surface area contributed by atoms with E-state index in [9.17, 15) is 4.79 Å². The highest BCUT2D eigenvalue weighted by molar-refractivity contribution is 5.81. The van der Waals surface area contributed by atoms with Gasteiger partial charge in [0, 0.05) is 12.7 Å².